The number of hydrogen-bond donors (Lipinski definition) is 0. The molecule has 0 saturated heterocycles. The topological polar surface area (TPSA) is 44.1 Å². The summed E-state index contributed by atoms with van der Waals surface area (Å²) in [5.41, 5.74) is 8.83. The van der Waals surface area contributed by atoms with Crippen molar-refractivity contribution in [3.63, 3.8) is 0 Å². The van der Waals surface area contributed by atoms with Gasteiger partial charge in [-0.05, 0) is 70.2 Å². The van der Waals surface area contributed by atoms with E-state index in [4.69, 9.17) is 9.72 Å². The number of fused-ring (bicyclic) bond motifs is 2. The highest BCUT2D eigenvalue weighted by Crippen LogP contribution is 2.43. The van der Waals surface area contributed by atoms with Crippen LogP contribution in [0.4, 0.5) is 0 Å². The van der Waals surface area contributed by atoms with E-state index in [0.717, 1.165) is 23.2 Å². The number of rotatable bonds is 8. The Morgan fingerprint density at radius 1 is 1.14 bits per heavy atom. The molecule has 0 fully saturated rings. The molecule has 0 amide bonds. The van der Waals surface area contributed by atoms with Crippen LogP contribution < -0.4 is 0 Å². The van der Waals surface area contributed by atoms with E-state index >= 15 is 0 Å². The van der Waals surface area contributed by atoms with Gasteiger partial charge in [0.2, 0.25) is 0 Å². The van der Waals surface area contributed by atoms with E-state index in [1.54, 1.807) is 0 Å². The van der Waals surface area contributed by atoms with Crippen molar-refractivity contribution in [1.82, 2.24) is 9.55 Å². The molecule has 0 aromatic heterocycles. The maximum Gasteiger partial charge on any atom is 0.357 e. The lowest BCUT2D eigenvalue weighted by molar-refractivity contribution is 0.0519. The summed E-state index contributed by atoms with van der Waals surface area (Å²) in [4.78, 5) is 17.1. The molecule has 0 N–H and O–H groups in total. The minimum Gasteiger partial charge on any atom is -0.461 e. The van der Waals surface area contributed by atoms with E-state index < -0.39 is 0 Å². The van der Waals surface area contributed by atoms with Gasteiger partial charge in [0.15, 0.2) is 5.69 Å². The van der Waals surface area contributed by atoms with E-state index in [1.165, 1.54) is 54.6 Å². The lowest BCUT2D eigenvalue weighted by Crippen LogP contribution is -2.13. The van der Waals surface area contributed by atoms with Crippen LogP contribution in [0, 0.1) is 6.92 Å². The van der Waals surface area contributed by atoms with Gasteiger partial charge in [0.1, 0.15) is 0 Å². The second-order valence-corrected chi connectivity index (χ2v) is 8.06. The fraction of sp³-hybridized carbons (Fsp3) is 0.583. The molecule has 0 saturated carbocycles. The van der Waals surface area contributed by atoms with Crippen molar-refractivity contribution < 1.29 is 9.53 Å². The van der Waals surface area contributed by atoms with Crippen molar-refractivity contribution >= 4 is 11.5 Å². The molecule has 4 nitrogen and oxygen atoms in total. The van der Waals surface area contributed by atoms with Gasteiger partial charge < -0.3 is 9.30 Å². The first-order valence-electron chi connectivity index (χ1n) is 10.8. The van der Waals surface area contributed by atoms with Crippen molar-refractivity contribution in [2.24, 2.45) is 0 Å². The average molecular weight is 383 g/mol. The van der Waals surface area contributed by atoms with Crippen LogP contribution in [0.15, 0.2) is 11.6 Å². The molecule has 0 spiro atoms. The highest BCUT2D eigenvalue weighted by atomic mass is 16.5. The van der Waals surface area contributed by atoms with Gasteiger partial charge in [0.05, 0.1) is 18.3 Å². The first-order chi connectivity index (χ1) is 13.4. The average Bonchev–Trinajstić information content (AvgIpc) is 3.11. The van der Waals surface area contributed by atoms with Crippen molar-refractivity contribution in [2.45, 2.75) is 86.1 Å². The molecule has 0 aromatic rings. The highest BCUT2D eigenvalue weighted by molar-refractivity contribution is 5.94. The molecular formula is C24H34N2O2. The number of allylic oxidation sites excluding steroid dienone is 2. The number of aromatic nitrogens is 2. The Bertz CT molecular complexity index is 875. The van der Waals surface area contributed by atoms with Crippen molar-refractivity contribution in [3.8, 4) is 11.3 Å². The monoisotopic (exact) mass is 382 g/mol. The second-order valence-electron chi connectivity index (χ2n) is 8.06. The number of carbonyl (C=O) groups is 1. The fourth-order valence-corrected chi connectivity index (χ4v) is 4.48. The molecule has 0 bridgehead atoms. The van der Waals surface area contributed by atoms with Gasteiger partial charge in [-0.1, -0.05) is 32.6 Å². The van der Waals surface area contributed by atoms with E-state index in [0.29, 0.717) is 18.3 Å². The minimum atomic E-state index is -0.313. The molecule has 4 heteroatoms. The lowest BCUT2D eigenvalue weighted by Gasteiger charge is -2.22. The summed E-state index contributed by atoms with van der Waals surface area (Å²) in [5, 5.41) is 0. The van der Waals surface area contributed by atoms with Crippen LogP contribution in [-0.2, 0) is 11.2 Å². The first kappa shape index (κ1) is 20.6. The zero-order valence-electron chi connectivity index (χ0n) is 18.3. The third kappa shape index (κ3) is 3.49. The quantitative estimate of drug-likeness (QED) is 0.394. The Balaban J connectivity index is 2.09. The van der Waals surface area contributed by atoms with Gasteiger partial charge in [-0.3, -0.25) is 0 Å². The maximum absolute atomic E-state index is 12.4. The van der Waals surface area contributed by atoms with Gasteiger partial charge in [-0.2, -0.15) is 0 Å². The van der Waals surface area contributed by atoms with Crippen LogP contribution in [0.5, 0.6) is 0 Å². The van der Waals surface area contributed by atoms with E-state index in [1.807, 2.05) is 13.8 Å². The zero-order chi connectivity index (χ0) is 20.4. The fourth-order valence-electron chi connectivity index (χ4n) is 4.48. The van der Waals surface area contributed by atoms with Gasteiger partial charge >= 0.3 is 5.97 Å². The molecule has 28 heavy (non-hydrogen) atoms. The number of carbonyl (C=O) groups excluding carboxylic acids is 1. The molecule has 3 rings (SSSR count). The number of esters is 1. The largest absolute Gasteiger partial charge is 0.461 e. The Kier molecular flexibility index (Phi) is 6.26. The van der Waals surface area contributed by atoms with Crippen LogP contribution in [-0.4, -0.2) is 22.1 Å². The van der Waals surface area contributed by atoms with Crippen molar-refractivity contribution in [3.05, 3.63) is 34.3 Å². The normalized spacial score (nSPS) is 16.1. The smallest absolute Gasteiger partial charge is 0.357 e. The molecule has 3 heterocycles. The molecule has 1 unspecified atom stereocenters. The van der Waals surface area contributed by atoms with E-state index in [2.05, 4.69) is 38.3 Å². The SMILES string of the molecule is CCCCCCCc1c2c(C)c(C(=O)OCC)nc-2cc2n1C(C)C(C)=C2C. The Labute approximate surface area is 169 Å². The molecule has 3 aliphatic heterocycles. The van der Waals surface area contributed by atoms with Crippen molar-refractivity contribution in [1.29, 1.82) is 0 Å². The van der Waals surface area contributed by atoms with Crippen LogP contribution in [0.1, 0.15) is 100 Å². The number of nitrogens with zero attached hydrogens (tertiary/aromatic N) is 2. The standard InChI is InChI=1S/C24H34N2O2/c1-7-9-10-11-12-13-20-22-17(5)23(24(27)28-8-2)25-19(22)14-21-16(4)15(3)18(6)26(20)21/h14,18H,7-13H2,1-6H3. The molecule has 0 aromatic carbocycles. The molecule has 0 aliphatic carbocycles. The number of hydrogen-bond acceptors (Lipinski definition) is 3. The van der Waals surface area contributed by atoms with Crippen LogP contribution in [0.25, 0.3) is 16.8 Å². The predicted molar refractivity (Wildman–Crippen MR) is 115 cm³/mol. The van der Waals surface area contributed by atoms with Crippen LogP contribution in [0.2, 0.25) is 0 Å². The first-order valence-corrected chi connectivity index (χ1v) is 10.8. The van der Waals surface area contributed by atoms with Gasteiger partial charge in [-0.25, -0.2) is 9.78 Å². The minimum absolute atomic E-state index is 0.313. The zero-order valence-corrected chi connectivity index (χ0v) is 18.3. The molecular weight excluding hydrogens is 348 g/mol. The summed E-state index contributed by atoms with van der Waals surface area (Å²) in [6.07, 6.45) is 7.29. The maximum atomic E-state index is 12.4. The molecule has 1 atom stereocenters. The van der Waals surface area contributed by atoms with Crippen molar-refractivity contribution in [2.75, 3.05) is 6.61 Å². The second kappa shape index (κ2) is 8.50. The number of ether oxygens (including phenoxy) is 1. The highest BCUT2D eigenvalue weighted by Gasteiger charge is 2.31. The number of pyridine rings is 1. The Morgan fingerprint density at radius 2 is 1.86 bits per heavy atom. The summed E-state index contributed by atoms with van der Waals surface area (Å²) in [5.74, 6) is -0.313. The van der Waals surface area contributed by atoms with Gasteiger partial charge in [-0.15, -0.1) is 0 Å². The lowest BCUT2D eigenvalue weighted by atomic mass is 9.98. The van der Waals surface area contributed by atoms with E-state index in [9.17, 15) is 4.79 Å². The summed E-state index contributed by atoms with van der Waals surface area (Å²) in [6, 6.07) is 2.51. The molecule has 0 radical (unpaired) electrons. The Hall–Kier alpha value is -2.10. The van der Waals surface area contributed by atoms with Gasteiger partial charge in [0.25, 0.3) is 0 Å². The van der Waals surface area contributed by atoms with E-state index in [-0.39, 0.29) is 5.97 Å². The number of unbranched alkanes of at least 4 members (excludes halogenated alkanes) is 4. The molecule has 152 valence electrons. The summed E-state index contributed by atoms with van der Waals surface area (Å²) in [7, 11) is 0. The third-order valence-corrected chi connectivity index (χ3v) is 6.31. The predicted octanol–water partition coefficient (Wildman–Crippen LogP) is 6.35. The summed E-state index contributed by atoms with van der Waals surface area (Å²) < 4.78 is 7.73. The molecule has 3 aliphatic rings. The van der Waals surface area contributed by atoms with Crippen LogP contribution in [0.3, 0.4) is 0 Å². The summed E-state index contributed by atoms with van der Waals surface area (Å²) >= 11 is 0. The summed E-state index contributed by atoms with van der Waals surface area (Å²) in [6.45, 7) is 13.2. The van der Waals surface area contributed by atoms with Crippen LogP contribution >= 0.6 is 0 Å². The van der Waals surface area contributed by atoms with Gasteiger partial charge in [0, 0.05) is 17.0 Å². The Morgan fingerprint density at radius 3 is 2.54 bits per heavy atom. The third-order valence-electron chi connectivity index (χ3n) is 6.31.